The molecule has 0 aliphatic heterocycles. The first-order valence-electron chi connectivity index (χ1n) is 19.7. The highest BCUT2D eigenvalue weighted by atomic mass is 35.5. The van der Waals surface area contributed by atoms with E-state index in [0.29, 0.717) is 11.5 Å². The maximum atomic E-state index is 14.1. The number of carbonyl (C=O) groups is 3. The Balaban J connectivity index is 1.53. The van der Waals surface area contributed by atoms with Gasteiger partial charge in [-0.2, -0.15) is 4.21 Å². The molecule has 1 saturated carbocycles. The molecule has 5 rings (SSSR count). The Bertz CT molecular complexity index is 2410. The van der Waals surface area contributed by atoms with E-state index in [1.807, 2.05) is 40.7 Å². The molecule has 1 fully saturated rings. The number of esters is 1. The van der Waals surface area contributed by atoms with E-state index in [1.165, 1.54) is 40.6 Å². The number of carboxylic acids is 1. The number of hydrogen-bond acceptors (Lipinski definition) is 9. The minimum Gasteiger partial charge on any atom is -0.478 e. The zero-order chi connectivity index (χ0) is 44.8. The van der Waals surface area contributed by atoms with Crippen molar-refractivity contribution in [1.29, 1.82) is 0 Å². The van der Waals surface area contributed by atoms with Gasteiger partial charge in [0.25, 0.3) is 5.69 Å². The molecular formula is C44H51ClN6O9S. The number of aliphatic carboxylic acids is 1. The van der Waals surface area contributed by atoms with Crippen molar-refractivity contribution in [2.45, 2.75) is 79.2 Å². The van der Waals surface area contributed by atoms with Crippen molar-refractivity contribution in [2.75, 3.05) is 17.8 Å². The molecule has 0 bridgehead atoms. The normalized spacial score (nSPS) is 18.4. The van der Waals surface area contributed by atoms with Gasteiger partial charge in [-0.25, -0.2) is 28.7 Å². The molecule has 61 heavy (non-hydrogen) atoms. The van der Waals surface area contributed by atoms with E-state index in [1.54, 1.807) is 18.2 Å². The van der Waals surface area contributed by atoms with Crippen LogP contribution >= 0.6 is 11.6 Å². The third-order valence-electron chi connectivity index (χ3n) is 10.7. The summed E-state index contributed by atoms with van der Waals surface area (Å²) in [6.45, 7) is 29.6. The van der Waals surface area contributed by atoms with Gasteiger partial charge >= 0.3 is 29.3 Å². The first-order chi connectivity index (χ1) is 28.9. The van der Waals surface area contributed by atoms with Crippen LogP contribution in [-0.4, -0.2) is 66.0 Å². The van der Waals surface area contributed by atoms with Gasteiger partial charge in [0.1, 0.15) is 17.4 Å². The molecule has 3 atom stereocenters. The maximum Gasteiger partial charge on any atom is 0.416 e. The van der Waals surface area contributed by atoms with Gasteiger partial charge in [0.05, 0.1) is 23.4 Å². The van der Waals surface area contributed by atoms with Gasteiger partial charge in [-0.3, -0.25) is 9.82 Å². The summed E-state index contributed by atoms with van der Waals surface area (Å²) < 4.78 is 41.2. The van der Waals surface area contributed by atoms with Gasteiger partial charge < -0.3 is 28.4 Å². The number of rotatable bonds is 17. The molecule has 2 aromatic carbocycles. The number of aromatic amines is 1. The molecule has 4 aromatic rings. The van der Waals surface area contributed by atoms with Gasteiger partial charge in [0.15, 0.2) is 23.0 Å². The van der Waals surface area contributed by atoms with Gasteiger partial charge in [-0.05, 0) is 85.3 Å². The zero-order valence-electron chi connectivity index (χ0n) is 35.2. The van der Waals surface area contributed by atoms with Crippen LogP contribution in [0.4, 0.5) is 16.2 Å². The molecule has 17 heteroatoms. The maximum absolute atomic E-state index is 14.1. The van der Waals surface area contributed by atoms with Crippen LogP contribution in [0.1, 0.15) is 83.7 Å². The van der Waals surface area contributed by atoms with Crippen LogP contribution in [0, 0.1) is 24.3 Å². The molecule has 0 spiro atoms. The predicted octanol–water partition coefficient (Wildman–Crippen LogP) is 10.1. The van der Waals surface area contributed by atoms with Crippen LogP contribution < -0.4 is 18.4 Å². The number of amides is 1. The number of benzene rings is 2. The molecule has 1 aliphatic carbocycles. The summed E-state index contributed by atoms with van der Waals surface area (Å²) in [6.07, 6.45) is 5.20. The Hall–Kier alpha value is -6.05. The smallest absolute Gasteiger partial charge is 0.416 e. The highest BCUT2D eigenvalue weighted by Crippen LogP contribution is 2.42. The molecule has 324 valence electrons. The largest absolute Gasteiger partial charge is 0.478 e. The molecular weight excluding hydrogens is 824 g/mol. The van der Waals surface area contributed by atoms with Gasteiger partial charge in [0.2, 0.25) is 5.88 Å². The highest BCUT2D eigenvalue weighted by Gasteiger charge is 2.38. The molecule has 2 heterocycles. The van der Waals surface area contributed by atoms with Gasteiger partial charge in [0, 0.05) is 18.7 Å². The summed E-state index contributed by atoms with van der Waals surface area (Å²) in [5.74, 6) is -1.22. The highest BCUT2D eigenvalue weighted by molar-refractivity contribution is 7.82. The van der Waals surface area contributed by atoms with Crippen molar-refractivity contribution in [3.63, 3.8) is 0 Å². The van der Waals surface area contributed by atoms with Crippen molar-refractivity contribution in [1.82, 2.24) is 19.5 Å². The number of fused-ring (bicyclic) bond motifs is 1. The second kappa shape index (κ2) is 19.6. The second-order valence-electron chi connectivity index (χ2n) is 15.8. The van der Waals surface area contributed by atoms with Crippen molar-refractivity contribution in [2.24, 2.45) is 17.8 Å². The first-order valence-corrected chi connectivity index (χ1v) is 21.2. The Morgan fingerprint density at radius 2 is 1.77 bits per heavy atom. The molecule has 0 saturated heterocycles. The number of ether oxygens (including phenoxy) is 3. The van der Waals surface area contributed by atoms with E-state index in [0.717, 1.165) is 30.9 Å². The number of nitrogens with zero attached hydrogens (tertiary/aromatic N) is 4. The Kier molecular flexibility index (Phi) is 14.8. The van der Waals surface area contributed by atoms with Crippen LogP contribution in [0.5, 0.6) is 17.4 Å². The van der Waals surface area contributed by atoms with Crippen molar-refractivity contribution in [3.8, 4) is 28.8 Å². The summed E-state index contributed by atoms with van der Waals surface area (Å²) in [5.41, 5.74) is 0.670. The molecule has 0 radical (unpaired) electrons. The summed E-state index contributed by atoms with van der Waals surface area (Å²) in [5, 5.41) is 12.4. The Morgan fingerprint density at radius 1 is 1.10 bits per heavy atom. The minimum absolute atomic E-state index is 0.0247. The fourth-order valence-electron chi connectivity index (χ4n) is 7.38. The van der Waals surface area contributed by atoms with E-state index in [9.17, 15) is 23.7 Å². The fourth-order valence-corrected chi connectivity index (χ4v) is 8.29. The second-order valence-corrected chi connectivity index (χ2v) is 17.1. The molecule has 3 N–H and O–H groups in total. The SMILES string of the molecule is [C-]#[N+]c1c(C(=O)OC2C(C)CC(C)CC2C)c2nc(-c3ccc(Cl)c(NS(=O)Oc4cc(C(C)(C)CC)ccc4O/C(C)=C/C(=O)O)c3)[nH]n2c1OC(=O)N(CC=C)CC=C. The number of H-pyrrole nitrogens is 1. The lowest BCUT2D eigenvalue weighted by molar-refractivity contribution is -0.131. The quantitative estimate of drug-likeness (QED) is 0.0304. The van der Waals surface area contributed by atoms with E-state index in [2.05, 4.69) is 34.7 Å². The van der Waals surface area contributed by atoms with E-state index in [-0.39, 0.29) is 86.9 Å². The van der Waals surface area contributed by atoms with E-state index in [4.69, 9.17) is 41.6 Å². The summed E-state index contributed by atoms with van der Waals surface area (Å²) >= 11 is 4.31. The van der Waals surface area contributed by atoms with E-state index >= 15 is 0 Å². The lowest BCUT2D eigenvalue weighted by Crippen LogP contribution is -2.37. The molecule has 15 nitrogen and oxygen atoms in total. The summed E-state index contributed by atoms with van der Waals surface area (Å²) in [7, 11) is 0. The first kappa shape index (κ1) is 46.0. The predicted molar refractivity (Wildman–Crippen MR) is 234 cm³/mol. The van der Waals surface area contributed by atoms with Crippen LogP contribution in [0.3, 0.4) is 0 Å². The number of carboxylic acid groups (broad SMARTS) is 1. The molecule has 3 unspecified atom stereocenters. The van der Waals surface area contributed by atoms with Crippen molar-refractivity contribution < 1.29 is 42.1 Å². The number of nitrogens with one attached hydrogen (secondary N) is 2. The average Bonchev–Trinajstić information content (AvgIpc) is 3.74. The Morgan fingerprint density at radius 3 is 2.38 bits per heavy atom. The Labute approximate surface area is 363 Å². The van der Waals surface area contributed by atoms with Crippen molar-refractivity contribution in [3.05, 3.63) is 101 Å². The summed E-state index contributed by atoms with van der Waals surface area (Å²) in [4.78, 5) is 48.5. The van der Waals surface area contributed by atoms with Crippen LogP contribution in [-0.2, 0) is 26.2 Å². The van der Waals surface area contributed by atoms with Crippen LogP contribution in [0.25, 0.3) is 21.9 Å². The number of carbonyl (C=O) groups excluding carboxylic acids is 2. The standard InChI is InChI=1S/C44H51ClN6O9S/c1-11-18-50(19-12-2)43(55)59-41-37(46-10)36(42(54)58-38-26(5)20-25(4)21-27(38)6)40-47-39(48-51(40)41)29-14-16-31(45)32(23-29)49-61(56)60-34-24-30(44(8,9)13-3)15-17-33(34)57-28(7)22-35(52)53/h11-12,14-17,22-27,38,49H,1-2,13,18-21H2,3-9H3,(H,47,48)(H,52,53)/b28-22+. The van der Waals surface area contributed by atoms with Crippen molar-refractivity contribution >= 4 is 57.9 Å². The number of anilines is 1. The topological polar surface area (TPSA) is 178 Å². The lowest BCUT2D eigenvalue weighted by Gasteiger charge is -2.37. The number of allylic oxidation sites excluding steroid dienone is 1. The monoisotopic (exact) mass is 874 g/mol. The molecule has 1 amide bonds. The number of aromatic nitrogens is 3. The van der Waals surface area contributed by atoms with Gasteiger partial charge in [-0.15, -0.1) is 13.2 Å². The fraction of sp³-hybridized carbons (Fsp3) is 0.386. The lowest BCUT2D eigenvalue weighted by atomic mass is 9.75. The van der Waals surface area contributed by atoms with Gasteiger partial charge in [-0.1, -0.05) is 71.4 Å². The molecule has 1 aliphatic rings. The minimum atomic E-state index is -2.28. The third kappa shape index (κ3) is 10.6. The van der Waals surface area contributed by atoms with E-state index < -0.39 is 35.4 Å². The van der Waals surface area contributed by atoms with Crippen LogP contribution in [0.2, 0.25) is 5.02 Å². The number of halogens is 1. The van der Waals surface area contributed by atoms with Crippen LogP contribution in [0.15, 0.2) is 73.5 Å². The third-order valence-corrected chi connectivity index (χ3v) is 11.7. The summed E-state index contributed by atoms with van der Waals surface area (Å²) in [6, 6.07) is 9.83. The number of hydrogen-bond donors (Lipinski definition) is 3. The average molecular weight is 875 g/mol. The molecule has 2 aromatic heterocycles. The zero-order valence-corrected chi connectivity index (χ0v) is 36.8.